The predicted octanol–water partition coefficient (Wildman–Crippen LogP) is 2.84. The van der Waals surface area contributed by atoms with E-state index in [0.717, 1.165) is 6.42 Å². The topological polar surface area (TPSA) is 63.4 Å². The Labute approximate surface area is 133 Å². The van der Waals surface area contributed by atoms with Crippen LogP contribution in [0.5, 0.6) is 0 Å². The Kier molecular flexibility index (Phi) is 4.57. The fraction of sp³-hybridized carbons (Fsp3) is 0.647. The second-order valence-corrected chi connectivity index (χ2v) is 8.60. The Morgan fingerprint density at radius 2 is 1.68 bits per heavy atom. The number of sulfonamides is 1. The second-order valence-electron chi connectivity index (χ2n) is 6.71. The van der Waals surface area contributed by atoms with Crippen LogP contribution in [0.4, 0.5) is 0 Å². The molecule has 0 radical (unpaired) electrons. The zero-order chi connectivity index (χ0) is 15.7. The summed E-state index contributed by atoms with van der Waals surface area (Å²) in [5.74, 6) is 0.602. The van der Waals surface area contributed by atoms with Gasteiger partial charge >= 0.3 is 0 Å². The van der Waals surface area contributed by atoms with Gasteiger partial charge in [-0.3, -0.25) is 0 Å². The van der Waals surface area contributed by atoms with Gasteiger partial charge in [-0.1, -0.05) is 31.4 Å². The van der Waals surface area contributed by atoms with E-state index in [9.17, 15) is 8.42 Å². The molecule has 0 bridgehead atoms. The van der Waals surface area contributed by atoms with Gasteiger partial charge in [-0.25, -0.2) is 8.42 Å². The van der Waals surface area contributed by atoms with E-state index < -0.39 is 10.0 Å². The molecular formula is C17H26N2O2S. The summed E-state index contributed by atoms with van der Waals surface area (Å²) < 4.78 is 27.0. The molecule has 2 aliphatic rings. The van der Waals surface area contributed by atoms with Crippen molar-refractivity contribution in [1.29, 1.82) is 0 Å². The lowest BCUT2D eigenvalue weighted by Crippen LogP contribution is -2.40. The van der Waals surface area contributed by atoms with Crippen molar-refractivity contribution in [3.8, 4) is 0 Å². The Bertz CT molecular complexity index is 606. The van der Waals surface area contributed by atoms with E-state index in [1.165, 1.54) is 37.7 Å². The maximum absolute atomic E-state index is 12.7. The fourth-order valence-electron chi connectivity index (χ4n) is 3.76. The lowest BCUT2D eigenvalue weighted by molar-refractivity contribution is 0.393. The highest BCUT2D eigenvalue weighted by Gasteiger charge is 2.37. The minimum atomic E-state index is -3.41. The van der Waals surface area contributed by atoms with Crippen LogP contribution in [0.2, 0.25) is 0 Å². The summed E-state index contributed by atoms with van der Waals surface area (Å²) in [5, 5.41) is 0. The Morgan fingerprint density at radius 1 is 1.05 bits per heavy atom. The van der Waals surface area contributed by atoms with E-state index >= 15 is 0 Å². The first-order valence-corrected chi connectivity index (χ1v) is 9.81. The summed E-state index contributed by atoms with van der Waals surface area (Å²) in [5.41, 5.74) is 7.24. The van der Waals surface area contributed by atoms with Gasteiger partial charge in [0, 0.05) is 18.6 Å². The summed E-state index contributed by atoms with van der Waals surface area (Å²) >= 11 is 0. The molecule has 1 saturated carbocycles. The van der Waals surface area contributed by atoms with E-state index in [1.54, 1.807) is 16.4 Å². The van der Waals surface area contributed by atoms with Crippen LogP contribution in [0.1, 0.15) is 56.9 Å². The zero-order valence-electron chi connectivity index (χ0n) is 13.2. The van der Waals surface area contributed by atoms with Crippen molar-refractivity contribution in [3.63, 3.8) is 0 Å². The number of nitrogens with two attached hydrogens (primary N) is 1. The first kappa shape index (κ1) is 16.0. The summed E-state index contributed by atoms with van der Waals surface area (Å²) in [6.07, 6.45) is 7.09. The largest absolute Gasteiger partial charge is 0.326 e. The molecule has 2 unspecified atom stereocenters. The van der Waals surface area contributed by atoms with E-state index in [0.29, 0.717) is 17.4 Å². The molecule has 1 aliphatic carbocycles. The zero-order valence-corrected chi connectivity index (χ0v) is 14.1. The van der Waals surface area contributed by atoms with E-state index in [1.807, 2.05) is 19.1 Å². The third kappa shape index (κ3) is 2.94. The van der Waals surface area contributed by atoms with Crippen molar-refractivity contribution in [2.75, 3.05) is 6.54 Å². The molecule has 1 aromatic carbocycles. The summed E-state index contributed by atoms with van der Waals surface area (Å²) in [6, 6.07) is 7.37. The summed E-state index contributed by atoms with van der Waals surface area (Å²) in [7, 11) is -3.41. The van der Waals surface area contributed by atoms with Gasteiger partial charge in [0.1, 0.15) is 0 Å². The van der Waals surface area contributed by atoms with Crippen LogP contribution in [0.15, 0.2) is 29.2 Å². The molecule has 2 N–H and O–H groups in total. The number of rotatable bonds is 3. The molecule has 3 rings (SSSR count). The molecule has 1 aliphatic heterocycles. The molecule has 22 heavy (non-hydrogen) atoms. The molecule has 0 amide bonds. The lowest BCUT2D eigenvalue weighted by Gasteiger charge is -2.24. The maximum Gasteiger partial charge on any atom is 0.243 e. The molecule has 0 spiro atoms. The van der Waals surface area contributed by atoms with Gasteiger partial charge in [-0.05, 0) is 49.8 Å². The van der Waals surface area contributed by atoms with Crippen LogP contribution in [0.3, 0.4) is 0 Å². The third-order valence-electron chi connectivity index (χ3n) is 5.32. The molecular weight excluding hydrogens is 296 g/mol. The van der Waals surface area contributed by atoms with Gasteiger partial charge in [0.15, 0.2) is 0 Å². The standard InChI is InChI=1S/C17H26N2O2S/c1-13-17(18)11-12-19(13)22(20,21)16-9-7-15(8-10-16)14-5-3-2-4-6-14/h7-10,13-14,17H,2-6,11-12,18H2,1H3. The summed E-state index contributed by atoms with van der Waals surface area (Å²) in [6.45, 7) is 2.42. The molecule has 1 aromatic rings. The van der Waals surface area contributed by atoms with Crippen LogP contribution < -0.4 is 5.73 Å². The van der Waals surface area contributed by atoms with Crippen molar-refractivity contribution >= 4 is 10.0 Å². The van der Waals surface area contributed by atoms with E-state index in [-0.39, 0.29) is 12.1 Å². The average molecular weight is 322 g/mol. The predicted molar refractivity (Wildman–Crippen MR) is 88.2 cm³/mol. The normalized spacial score (nSPS) is 28.1. The van der Waals surface area contributed by atoms with Crippen LogP contribution in [-0.4, -0.2) is 31.4 Å². The Hall–Kier alpha value is -0.910. The minimum absolute atomic E-state index is 0.0590. The van der Waals surface area contributed by atoms with E-state index in [2.05, 4.69) is 0 Å². The number of benzene rings is 1. The van der Waals surface area contributed by atoms with Crippen molar-refractivity contribution in [3.05, 3.63) is 29.8 Å². The Balaban J connectivity index is 1.80. The molecule has 122 valence electrons. The molecule has 0 aromatic heterocycles. The SMILES string of the molecule is CC1C(N)CCN1S(=O)(=O)c1ccc(C2CCCCC2)cc1. The van der Waals surface area contributed by atoms with Crippen molar-refractivity contribution < 1.29 is 8.42 Å². The van der Waals surface area contributed by atoms with Gasteiger partial charge in [0.25, 0.3) is 0 Å². The van der Waals surface area contributed by atoms with Gasteiger partial charge < -0.3 is 5.73 Å². The van der Waals surface area contributed by atoms with Gasteiger partial charge in [-0.15, -0.1) is 0 Å². The van der Waals surface area contributed by atoms with Gasteiger partial charge in [0.05, 0.1) is 4.90 Å². The molecule has 4 nitrogen and oxygen atoms in total. The van der Waals surface area contributed by atoms with Crippen LogP contribution in [-0.2, 0) is 10.0 Å². The smallest absolute Gasteiger partial charge is 0.243 e. The molecule has 2 fully saturated rings. The highest BCUT2D eigenvalue weighted by Crippen LogP contribution is 2.33. The molecule has 1 heterocycles. The van der Waals surface area contributed by atoms with Crippen molar-refractivity contribution in [2.24, 2.45) is 5.73 Å². The molecule has 5 heteroatoms. The van der Waals surface area contributed by atoms with E-state index in [4.69, 9.17) is 5.73 Å². The van der Waals surface area contributed by atoms with Crippen LogP contribution >= 0.6 is 0 Å². The second kappa shape index (κ2) is 6.30. The van der Waals surface area contributed by atoms with Gasteiger partial charge in [-0.2, -0.15) is 4.31 Å². The number of hydrogen-bond donors (Lipinski definition) is 1. The monoisotopic (exact) mass is 322 g/mol. The van der Waals surface area contributed by atoms with Crippen LogP contribution in [0.25, 0.3) is 0 Å². The van der Waals surface area contributed by atoms with Gasteiger partial charge in [0.2, 0.25) is 10.0 Å². The highest BCUT2D eigenvalue weighted by molar-refractivity contribution is 7.89. The first-order chi connectivity index (χ1) is 10.5. The molecule has 2 atom stereocenters. The van der Waals surface area contributed by atoms with Crippen molar-refractivity contribution in [2.45, 2.75) is 68.3 Å². The quantitative estimate of drug-likeness (QED) is 0.930. The van der Waals surface area contributed by atoms with Crippen molar-refractivity contribution in [1.82, 2.24) is 4.31 Å². The first-order valence-electron chi connectivity index (χ1n) is 8.37. The number of hydrogen-bond acceptors (Lipinski definition) is 3. The summed E-state index contributed by atoms with van der Waals surface area (Å²) in [4.78, 5) is 0.396. The third-order valence-corrected chi connectivity index (χ3v) is 7.32. The lowest BCUT2D eigenvalue weighted by atomic mass is 9.84. The minimum Gasteiger partial charge on any atom is -0.326 e. The average Bonchev–Trinajstić information content (AvgIpc) is 2.88. The Morgan fingerprint density at radius 3 is 2.23 bits per heavy atom. The highest BCUT2D eigenvalue weighted by atomic mass is 32.2. The van der Waals surface area contributed by atoms with Crippen LogP contribution in [0, 0.1) is 0 Å². The number of nitrogens with zero attached hydrogens (tertiary/aromatic N) is 1. The fourth-order valence-corrected chi connectivity index (χ4v) is 5.45. The molecule has 1 saturated heterocycles. The maximum atomic E-state index is 12.7.